The number of halogens is 4. The first-order valence-electron chi connectivity index (χ1n) is 13.0. The lowest BCUT2D eigenvalue weighted by Gasteiger charge is -2.26. The highest BCUT2D eigenvalue weighted by Gasteiger charge is 2.17. The van der Waals surface area contributed by atoms with Crippen molar-refractivity contribution in [3.8, 4) is 0 Å². The number of fused-ring (bicyclic) bond motifs is 2. The lowest BCUT2D eigenvalue weighted by atomic mass is 10.5. The summed E-state index contributed by atoms with van der Waals surface area (Å²) in [5.41, 5.74) is 6.95. The van der Waals surface area contributed by atoms with Crippen LogP contribution in [0.4, 0.5) is 11.6 Å². The first kappa shape index (κ1) is 38.4. The van der Waals surface area contributed by atoms with E-state index in [4.69, 9.17) is 61.6 Å². The van der Waals surface area contributed by atoms with E-state index in [0.717, 1.165) is 31.1 Å². The maximum Gasteiger partial charge on any atom is 0.159 e. The smallest absolute Gasteiger partial charge is 0.159 e. The minimum atomic E-state index is -1.12. The lowest BCUT2D eigenvalue weighted by molar-refractivity contribution is 0.0942. The van der Waals surface area contributed by atoms with Crippen LogP contribution in [0.2, 0.25) is 61.7 Å². The maximum absolute atomic E-state index is 6.22. The van der Waals surface area contributed by atoms with Gasteiger partial charge in [0, 0.05) is 53.6 Å². The molecular weight excluding hydrogens is 654 g/mol. The highest BCUT2D eigenvalue weighted by molar-refractivity contribution is 6.76. The number of nitrogens with two attached hydrogens (primary N) is 1. The van der Waals surface area contributed by atoms with Crippen molar-refractivity contribution in [3.63, 3.8) is 0 Å². The number of hydrogen-bond acceptors (Lipinski definition) is 8. The molecular formula is C26H44Cl4N8O2Si2. The molecule has 4 aromatic heterocycles. The monoisotopic (exact) mass is 696 g/mol. The minimum absolute atomic E-state index is 0. The Morgan fingerprint density at radius 3 is 1.69 bits per heavy atom. The molecule has 0 saturated carbocycles. The fourth-order valence-electron chi connectivity index (χ4n) is 3.27. The van der Waals surface area contributed by atoms with Crippen molar-refractivity contribution in [1.29, 1.82) is 0 Å². The van der Waals surface area contributed by atoms with Gasteiger partial charge in [0.1, 0.15) is 35.4 Å². The number of rotatable bonds is 11. The molecule has 0 aliphatic heterocycles. The van der Waals surface area contributed by atoms with Gasteiger partial charge in [-0.3, -0.25) is 0 Å². The molecule has 4 heterocycles. The fraction of sp³-hybridized carbons (Fsp3) is 0.538. The molecule has 10 nitrogen and oxygen atoms in total. The molecule has 0 aliphatic rings. The molecule has 0 atom stereocenters. The van der Waals surface area contributed by atoms with Gasteiger partial charge in [-0.25, -0.2) is 9.97 Å². The second kappa shape index (κ2) is 18.2. The van der Waals surface area contributed by atoms with Crippen molar-refractivity contribution in [2.24, 2.45) is 0 Å². The van der Waals surface area contributed by atoms with Crippen LogP contribution in [0, 0.1) is 0 Å². The van der Waals surface area contributed by atoms with Gasteiger partial charge < -0.3 is 20.1 Å². The summed E-state index contributed by atoms with van der Waals surface area (Å²) in [5, 5.41) is 9.32. The van der Waals surface area contributed by atoms with E-state index in [1.165, 1.54) is 4.52 Å². The van der Waals surface area contributed by atoms with E-state index in [9.17, 15) is 0 Å². The summed E-state index contributed by atoms with van der Waals surface area (Å²) >= 11 is 21.4. The van der Waals surface area contributed by atoms with Gasteiger partial charge in [0.15, 0.2) is 11.3 Å². The zero-order valence-corrected chi connectivity index (χ0v) is 29.5. The van der Waals surface area contributed by atoms with Gasteiger partial charge in [0.25, 0.3) is 0 Å². The average Bonchev–Trinajstić information content (AvgIpc) is 3.52. The van der Waals surface area contributed by atoms with Gasteiger partial charge in [-0.2, -0.15) is 19.2 Å². The van der Waals surface area contributed by atoms with Crippen LogP contribution in [0.5, 0.6) is 0 Å². The van der Waals surface area contributed by atoms with Crippen LogP contribution in [0.15, 0.2) is 36.7 Å². The van der Waals surface area contributed by atoms with E-state index in [-0.39, 0.29) is 12.8 Å². The Morgan fingerprint density at radius 1 is 0.786 bits per heavy atom. The van der Waals surface area contributed by atoms with E-state index >= 15 is 0 Å². The average molecular weight is 699 g/mol. The number of ether oxygens (including phenoxy) is 2. The predicted octanol–water partition coefficient (Wildman–Crippen LogP) is 7.84. The molecule has 0 spiro atoms. The van der Waals surface area contributed by atoms with Gasteiger partial charge >= 0.3 is 0 Å². The molecule has 4 aromatic rings. The molecule has 2 N–H and O–H groups in total. The molecule has 0 bridgehead atoms. The number of anilines is 2. The number of hydrogen-bond donors (Lipinski definition) is 1. The maximum atomic E-state index is 6.22. The van der Waals surface area contributed by atoms with Crippen molar-refractivity contribution in [1.82, 2.24) is 29.2 Å². The largest absolute Gasteiger partial charge is 0.383 e. The predicted molar refractivity (Wildman–Crippen MR) is 184 cm³/mol. The Kier molecular flexibility index (Phi) is 16.7. The van der Waals surface area contributed by atoms with Crippen LogP contribution in [0.1, 0.15) is 7.43 Å². The van der Waals surface area contributed by atoms with Crippen LogP contribution in [-0.4, -0.2) is 77.4 Å². The standard InChI is InChI=1S/C18H33ClN4O2Si2.C6H5ClN4.CH2Cl2.CH4/c1-26(2,3)11-9-24-14-22(15-25-10-12-27(4,5)6)18-13-16(19)21-17-7-8-20-23(17)18;7-4-3-5(8)11-6(10-4)1-2-9-11;2-1-3;/h7-8,13H,9-12,14-15H2,1-6H3;1-3H,8H2;1H2;1H4. The van der Waals surface area contributed by atoms with E-state index in [1.54, 1.807) is 29.0 Å². The summed E-state index contributed by atoms with van der Waals surface area (Å²) in [5.74, 6) is 1.32. The van der Waals surface area contributed by atoms with Crippen LogP contribution in [0.3, 0.4) is 0 Å². The van der Waals surface area contributed by atoms with Crippen molar-refractivity contribution in [3.05, 3.63) is 47.0 Å². The molecule has 0 aromatic carbocycles. The topological polar surface area (TPSA) is 108 Å². The van der Waals surface area contributed by atoms with Gasteiger partial charge in [0.05, 0.1) is 17.7 Å². The summed E-state index contributed by atoms with van der Waals surface area (Å²) < 4.78 is 15.2. The number of alkyl halides is 2. The van der Waals surface area contributed by atoms with Crippen molar-refractivity contribution in [2.75, 3.05) is 42.6 Å². The molecule has 0 saturated heterocycles. The zero-order valence-electron chi connectivity index (χ0n) is 24.5. The third-order valence-electron chi connectivity index (χ3n) is 5.48. The van der Waals surface area contributed by atoms with E-state index < -0.39 is 16.1 Å². The van der Waals surface area contributed by atoms with Crippen molar-refractivity contribution < 1.29 is 9.47 Å². The van der Waals surface area contributed by atoms with Crippen molar-refractivity contribution >= 4 is 85.5 Å². The second-order valence-corrected chi connectivity index (χ2v) is 24.3. The molecule has 42 heavy (non-hydrogen) atoms. The number of nitrogens with zero attached hydrogens (tertiary/aromatic N) is 7. The first-order valence-corrected chi connectivity index (χ1v) is 22.3. The van der Waals surface area contributed by atoms with E-state index in [1.807, 2.05) is 17.0 Å². The summed E-state index contributed by atoms with van der Waals surface area (Å²) in [6.45, 7) is 16.5. The minimum Gasteiger partial charge on any atom is -0.383 e. The number of aromatic nitrogens is 6. The van der Waals surface area contributed by atoms with Gasteiger partial charge in [-0.05, 0) is 12.1 Å². The quantitative estimate of drug-likeness (QED) is 0.0555. The Bertz CT molecular complexity index is 1320. The normalized spacial score (nSPS) is 11.4. The molecule has 0 fully saturated rings. The zero-order chi connectivity index (χ0) is 30.6. The van der Waals surface area contributed by atoms with Crippen LogP contribution >= 0.6 is 46.4 Å². The van der Waals surface area contributed by atoms with Crippen molar-refractivity contribution in [2.45, 2.75) is 58.8 Å². The molecule has 0 amide bonds. The Hall–Kier alpha value is -1.65. The molecule has 4 rings (SSSR count). The second-order valence-electron chi connectivity index (χ2n) is 11.5. The third-order valence-corrected chi connectivity index (χ3v) is 9.27. The lowest BCUT2D eigenvalue weighted by Crippen LogP contribution is -2.33. The molecule has 0 radical (unpaired) electrons. The van der Waals surface area contributed by atoms with Crippen LogP contribution in [0.25, 0.3) is 11.3 Å². The third kappa shape index (κ3) is 13.8. The van der Waals surface area contributed by atoms with Crippen LogP contribution < -0.4 is 10.6 Å². The van der Waals surface area contributed by atoms with E-state index in [0.29, 0.717) is 40.9 Å². The first-order chi connectivity index (χ1) is 19.2. The van der Waals surface area contributed by atoms with E-state index in [2.05, 4.69) is 59.4 Å². The summed E-state index contributed by atoms with van der Waals surface area (Å²) in [6.07, 6.45) is 3.34. The highest BCUT2D eigenvalue weighted by Crippen LogP contribution is 2.21. The molecule has 236 valence electrons. The Labute approximate surface area is 271 Å². The molecule has 0 aliphatic carbocycles. The Morgan fingerprint density at radius 2 is 1.21 bits per heavy atom. The summed E-state index contributed by atoms with van der Waals surface area (Å²) in [7, 11) is -2.24. The Balaban J connectivity index is 0.000000484. The summed E-state index contributed by atoms with van der Waals surface area (Å²) in [6, 6.07) is 9.21. The highest BCUT2D eigenvalue weighted by atomic mass is 35.5. The molecule has 16 heteroatoms. The number of nitrogen functional groups attached to an aromatic ring is 1. The SMILES string of the molecule is C.C[Si](C)(C)CCOCN(COCC[Si](C)(C)C)c1cc(Cl)nc2ccnn12.ClCCl.Nc1cc(Cl)nc2ccnn12. The van der Waals surface area contributed by atoms with Gasteiger partial charge in [0.2, 0.25) is 0 Å². The van der Waals surface area contributed by atoms with Gasteiger partial charge in [-0.15, -0.1) is 23.2 Å². The van der Waals surface area contributed by atoms with Crippen LogP contribution in [-0.2, 0) is 9.47 Å². The van der Waals surface area contributed by atoms with Gasteiger partial charge in [-0.1, -0.05) is 69.9 Å². The fourth-order valence-corrected chi connectivity index (χ4v) is 5.17. The molecule has 0 unspecified atom stereocenters. The summed E-state index contributed by atoms with van der Waals surface area (Å²) in [4.78, 5) is 10.3.